The van der Waals surface area contributed by atoms with Gasteiger partial charge in [0.2, 0.25) is 11.7 Å². The molecule has 3 heterocycles. The number of rotatable bonds is 4. The van der Waals surface area contributed by atoms with E-state index in [4.69, 9.17) is 0 Å². The lowest BCUT2D eigenvalue weighted by Gasteiger charge is -2.13. The van der Waals surface area contributed by atoms with Gasteiger partial charge < -0.3 is 10.6 Å². The molecule has 1 aliphatic heterocycles. The van der Waals surface area contributed by atoms with Crippen molar-refractivity contribution in [2.24, 2.45) is 0 Å². The molecule has 1 amide bonds. The molecule has 1 saturated heterocycles. The van der Waals surface area contributed by atoms with Crippen LogP contribution in [-0.4, -0.2) is 32.4 Å². The van der Waals surface area contributed by atoms with Crippen LogP contribution in [-0.2, 0) is 17.5 Å². The first-order valence-electron chi connectivity index (χ1n) is 8.75. The zero-order valence-corrected chi connectivity index (χ0v) is 14.4. The van der Waals surface area contributed by atoms with E-state index in [1.165, 1.54) is 0 Å². The number of amides is 1. The second-order valence-corrected chi connectivity index (χ2v) is 7.08. The summed E-state index contributed by atoms with van der Waals surface area (Å²) in [5, 5.41) is 6.30. The molecule has 1 spiro atoms. The molecule has 9 heteroatoms. The third-order valence-electron chi connectivity index (χ3n) is 5.05. The Morgan fingerprint density at radius 1 is 1.22 bits per heavy atom. The minimum atomic E-state index is -4.58. The number of halogens is 3. The lowest BCUT2D eigenvalue weighted by atomic mass is 10.1. The number of carbonyl (C=O) groups is 1. The molecule has 1 saturated carbocycles. The van der Waals surface area contributed by atoms with Gasteiger partial charge in [0.1, 0.15) is 0 Å². The largest absolute Gasteiger partial charge is 0.451 e. The molecular formula is C18H18F3N5O. The van der Waals surface area contributed by atoms with E-state index in [0.29, 0.717) is 17.8 Å². The highest BCUT2D eigenvalue weighted by molar-refractivity contribution is 5.82. The second-order valence-electron chi connectivity index (χ2n) is 7.08. The third-order valence-corrected chi connectivity index (χ3v) is 5.05. The number of nitrogens with zero attached hydrogens (tertiary/aromatic N) is 3. The molecule has 6 nitrogen and oxygen atoms in total. The van der Waals surface area contributed by atoms with Crippen LogP contribution in [0.15, 0.2) is 30.7 Å². The van der Waals surface area contributed by atoms with Gasteiger partial charge in [-0.2, -0.15) is 13.2 Å². The molecule has 2 aliphatic rings. The normalized spacial score (nSPS) is 20.6. The summed E-state index contributed by atoms with van der Waals surface area (Å²) in [5.74, 6) is -1.22. The summed E-state index contributed by atoms with van der Waals surface area (Å²) in [4.78, 5) is 23.1. The summed E-state index contributed by atoms with van der Waals surface area (Å²) < 4.78 is 37.7. The average molecular weight is 377 g/mol. The van der Waals surface area contributed by atoms with E-state index in [0.717, 1.165) is 43.6 Å². The zero-order valence-electron chi connectivity index (χ0n) is 14.4. The number of alkyl halides is 3. The quantitative estimate of drug-likeness (QED) is 0.856. The Balaban J connectivity index is 1.39. The second kappa shape index (κ2) is 6.56. The van der Waals surface area contributed by atoms with Crippen LogP contribution in [0.3, 0.4) is 0 Å². The Bertz CT molecular complexity index is 849. The molecule has 1 aliphatic carbocycles. The molecular weight excluding hydrogens is 359 g/mol. The maximum atomic E-state index is 12.6. The number of carbonyl (C=O) groups excluding carboxylic acids is 1. The van der Waals surface area contributed by atoms with Crippen LogP contribution >= 0.6 is 0 Å². The van der Waals surface area contributed by atoms with Crippen LogP contribution in [0.1, 0.15) is 37.1 Å². The van der Waals surface area contributed by atoms with Gasteiger partial charge in [0, 0.05) is 36.2 Å². The van der Waals surface area contributed by atoms with Crippen molar-refractivity contribution in [3.63, 3.8) is 0 Å². The van der Waals surface area contributed by atoms with Gasteiger partial charge in [-0.1, -0.05) is 0 Å². The maximum Gasteiger partial charge on any atom is 0.451 e. The molecule has 0 aromatic carbocycles. The summed E-state index contributed by atoms with van der Waals surface area (Å²) in [6.45, 7) is 0.320. The van der Waals surface area contributed by atoms with Gasteiger partial charge in [0.25, 0.3) is 0 Å². The van der Waals surface area contributed by atoms with Crippen LogP contribution in [0.2, 0.25) is 0 Å². The summed E-state index contributed by atoms with van der Waals surface area (Å²) >= 11 is 0. The Labute approximate surface area is 153 Å². The first-order valence-corrected chi connectivity index (χ1v) is 8.75. The monoisotopic (exact) mass is 377 g/mol. The highest BCUT2D eigenvalue weighted by atomic mass is 19.4. The van der Waals surface area contributed by atoms with Crippen LogP contribution in [0.4, 0.5) is 13.2 Å². The average Bonchev–Trinajstić information content (AvgIpc) is 3.28. The summed E-state index contributed by atoms with van der Waals surface area (Å²) in [6.07, 6.45) is 3.32. The molecule has 0 unspecified atom stereocenters. The fourth-order valence-electron chi connectivity index (χ4n) is 3.34. The standard InChI is InChI=1S/C18H18F3N5O/c19-18(20,21)16-24-9-12(10-25-16)14-7-11(2-6-22-14)8-23-15(27)13-1-3-17(26-13)4-5-17/h2,6-7,9-10,13,26H,1,3-5,8H2,(H,23,27)/t13-/m0/s1. The fraction of sp³-hybridized carbons (Fsp3) is 0.444. The molecule has 4 rings (SSSR count). The molecule has 2 aromatic heterocycles. The maximum absolute atomic E-state index is 12.6. The van der Waals surface area contributed by atoms with Crippen molar-refractivity contribution < 1.29 is 18.0 Å². The number of nitrogens with one attached hydrogen (secondary N) is 2. The Hall–Kier alpha value is -2.55. The SMILES string of the molecule is O=C(NCc1ccnc(-c2cnc(C(F)(F)F)nc2)c1)[C@@H]1CCC2(CC2)N1. The number of hydrogen-bond acceptors (Lipinski definition) is 5. The van der Waals surface area contributed by atoms with Crippen LogP contribution in [0.25, 0.3) is 11.3 Å². The third kappa shape index (κ3) is 3.92. The van der Waals surface area contributed by atoms with E-state index in [2.05, 4.69) is 25.6 Å². The zero-order chi connectivity index (χ0) is 19.1. The van der Waals surface area contributed by atoms with Crippen molar-refractivity contribution in [1.29, 1.82) is 0 Å². The molecule has 1 atom stereocenters. The number of hydrogen-bond donors (Lipinski definition) is 2. The summed E-state index contributed by atoms with van der Waals surface area (Å²) in [7, 11) is 0. The van der Waals surface area contributed by atoms with Gasteiger partial charge in [-0.3, -0.25) is 9.78 Å². The Kier molecular flexibility index (Phi) is 4.33. The van der Waals surface area contributed by atoms with Crippen molar-refractivity contribution in [2.45, 2.75) is 50.0 Å². The van der Waals surface area contributed by atoms with Gasteiger partial charge in [0.15, 0.2) is 0 Å². The molecule has 27 heavy (non-hydrogen) atoms. The van der Waals surface area contributed by atoms with Gasteiger partial charge >= 0.3 is 6.18 Å². The smallest absolute Gasteiger partial charge is 0.351 e. The minimum Gasteiger partial charge on any atom is -0.351 e. The van der Waals surface area contributed by atoms with Crippen LogP contribution in [0, 0.1) is 0 Å². The summed E-state index contributed by atoms with van der Waals surface area (Å²) in [6, 6.07) is 3.30. The van der Waals surface area contributed by atoms with Crippen molar-refractivity contribution >= 4 is 5.91 Å². The predicted octanol–water partition coefficient (Wildman–Crippen LogP) is 2.46. The molecule has 2 fully saturated rings. The van der Waals surface area contributed by atoms with E-state index < -0.39 is 12.0 Å². The van der Waals surface area contributed by atoms with E-state index >= 15 is 0 Å². The molecule has 0 bridgehead atoms. The number of pyridine rings is 1. The van der Waals surface area contributed by atoms with Gasteiger partial charge in [-0.05, 0) is 43.4 Å². The van der Waals surface area contributed by atoms with Gasteiger partial charge in [-0.25, -0.2) is 9.97 Å². The van der Waals surface area contributed by atoms with Crippen LogP contribution in [0.5, 0.6) is 0 Å². The molecule has 0 radical (unpaired) electrons. The van der Waals surface area contributed by atoms with Crippen molar-refractivity contribution in [2.75, 3.05) is 0 Å². The Morgan fingerprint density at radius 2 is 1.96 bits per heavy atom. The van der Waals surface area contributed by atoms with E-state index in [-0.39, 0.29) is 17.5 Å². The number of aromatic nitrogens is 3. The highest BCUT2D eigenvalue weighted by Crippen LogP contribution is 2.44. The van der Waals surface area contributed by atoms with E-state index in [1.807, 2.05) is 0 Å². The Morgan fingerprint density at radius 3 is 2.59 bits per heavy atom. The van der Waals surface area contributed by atoms with Crippen molar-refractivity contribution in [1.82, 2.24) is 25.6 Å². The van der Waals surface area contributed by atoms with Crippen LogP contribution < -0.4 is 10.6 Å². The topological polar surface area (TPSA) is 79.8 Å². The predicted molar refractivity (Wildman–Crippen MR) is 90.2 cm³/mol. The highest BCUT2D eigenvalue weighted by Gasteiger charge is 2.49. The van der Waals surface area contributed by atoms with Crippen molar-refractivity contribution in [3.05, 3.63) is 42.1 Å². The van der Waals surface area contributed by atoms with Gasteiger partial charge in [0.05, 0.1) is 11.7 Å². The van der Waals surface area contributed by atoms with Crippen molar-refractivity contribution in [3.8, 4) is 11.3 Å². The van der Waals surface area contributed by atoms with E-state index in [1.54, 1.807) is 18.3 Å². The van der Waals surface area contributed by atoms with E-state index in [9.17, 15) is 18.0 Å². The minimum absolute atomic E-state index is 0.0324. The first kappa shape index (κ1) is 17.8. The lowest BCUT2D eigenvalue weighted by Crippen LogP contribution is -2.43. The molecule has 2 aromatic rings. The molecule has 2 N–H and O–H groups in total. The first-order chi connectivity index (χ1) is 12.8. The molecule has 142 valence electrons. The summed E-state index contributed by atoms with van der Waals surface area (Å²) in [5.41, 5.74) is 1.83. The fourth-order valence-corrected chi connectivity index (χ4v) is 3.34. The van der Waals surface area contributed by atoms with Gasteiger partial charge in [-0.15, -0.1) is 0 Å². The lowest BCUT2D eigenvalue weighted by molar-refractivity contribution is -0.145.